The minimum atomic E-state index is 0.316. The van der Waals surface area contributed by atoms with Crippen LogP contribution in [0.5, 0.6) is 0 Å². The number of hydrogen-bond acceptors (Lipinski definition) is 3. The highest BCUT2D eigenvalue weighted by atomic mass is 32.1. The first-order chi connectivity index (χ1) is 8.59. The van der Waals surface area contributed by atoms with E-state index in [9.17, 15) is 0 Å². The lowest BCUT2D eigenvalue weighted by molar-refractivity contribution is 0.156. The van der Waals surface area contributed by atoms with Gasteiger partial charge in [0.25, 0.3) is 0 Å². The Kier molecular flexibility index (Phi) is 4.82. The third-order valence-electron chi connectivity index (χ3n) is 4.13. The Morgan fingerprint density at radius 3 is 2.94 bits per heavy atom. The fourth-order valence-corrected chi connectivity index (χ4v) is 3.66. The number of rotatable bonds is 5. The van der Waals surface area contributed by atoms with Crippen molar-refractivity contribution in [3.63, 3.8) is 0 Å². The van der Waals surface area contributed by atoms with Gasteiger partial charge in [-0.25, -0.2) is 0 Å². The van der Waals surface area contributed by atoms with Crippen molar-refractivity contribution in [3.05, 3.63) is 22.4 Å². The lowest BCUT2D eigenvalue weighted by Crippen LogP contribution is -2.54. The maximum absolute atomic E-state index is 3.70. The molecular weight excluding hydrogens is 240 g/mol. The van der Waals surface area contributed by atoms with Crippen LogP contribution in [0.25, 0.3) is 0 Å². The Hall–Kier alpha value is -0.380. The second-order valence-electron chi connectivity index (χ2n) is 5.99. The number of piperidine rings is 1. The van der Waals surface area contributed by atoms with Gasteiger partial charge >= 0.3 is 0 Å². The van der Waals surface area contributed by atoms with E-state index in [0.717, 1.165) is 6.54 Å². The molecule has 2 heterocycles. The largest absolute Gasteiger partial charge is 0.310 e. The molecule has 1 N–H and O–H groups in total. The van der Waals surface area contributed by atoms with Crippen LogP contribution < -0.4 is 5.32 Å². The van der Waals surface area contributed by atoms with Crippen molar-refractivity contribution in [2.45, 2.75) is 51.1 Å². The van der Waals surface area contributed by atoms with Crippen molar-refractivity contribution >= 4 is 11.3 Å². The number of thiophene rings is 1. The lowest BCUT2D eigenvalue weighted by atomic mass is 9.90. The first kappa shape index (κ1) is 14.0. The third kappa shape index (κ3) is 3.81. The fraction of sp³-hybridized carbons (Fsp3) is 0.733. The molecule has 1 fully saturated rings. The van der Waals surface area contributed by atoms with Crippen LogP contribution in [0, 0.1) is 0 Å². The van der Waals surface area contributed by atoms with Crippen LogP contribution in [0.2, 0.25) is 0 Å². The first-order valence-corrected chi connectivity index (χ1v) is 7.95. The van der Waals surface area contributed by atoms with Crippen molar-refractivity contribution in [3.8, 4) is 0 Å². The van der Waals surface area contributed by atoms with Crippen LogP contribution in [0.1, 0.15) is 38.0 Å². The van der Waals surface area contributed by atoms with Crippen molar-refractivity contribution in [1.29, 1.82) is 0 Å². The van der Waals surface area contributed by atoms with Crippen LogP contribution in [-0.4, -0.2) is 36.6 Å². The molecule has 0 aromatic carbocycles. The van der Waals surface area contributed by atoms with Crippen LogP contribution in [-0.2, 0) is 6.42 Å². The second-order valence-corrected chi connectivity index (χ2v) is 7.02. The van der Waals surface area contributed by atoms with Crippen molar-refractivity contribution in [2.24, 2.45) is 0 Å². The van der Waals surface area contributed by atoms with E-state index in [0.29, 0.717) is 11.6 Å². The van der Waals surface area contributed by atoms with Crippen LogP contribution in [0.4, 0.5) is 0 Å². The summed E-state index contributed by atoms with van der Waals surface area (Å²) < 4.78 is 0. The minimum Gasteiger partial charge on any atom is -0.310 e. The molecule has 3 heteroatoms. The Labute approximate surface area is 115 Å². The summed E-state index contributed by atoms with van der Waals surface area (Å²) in [5.74, 6) is 0. The third-order valence-corrected chi connectivity index (χ3v) is 5.03. The summed E-state index contributed by atoms with van der Waals surface area (Å²) >= 11 is 1.87. The number of likely N-dealkylation sites (N-methyl/N-ethyl adjacent to an activating group) is 1. The van der Waals surface area contributed by atoms with E-state index in [-0.39, 0.29) is 0 Å². The molecule has 1 aliphatic rings. The minimum absolute atomic E-state index is 0.316. The Bertz CT molecular complexity index is 341. The molecule has 1 aliphatic heterocycles. The molecule has 1 aromatic rings. The van der Waals surface area contributed by atoms with Gasteiger partial charge < -0.3 is 10.2 Å². The molecule has 2 atom stereocenters. The van der Waals surface area contributed by atoms with E-state index in [4.69, 9.17) is 0 Å². The van der Waals surface area contributed by atoms with E-state index < -0.39 is 0 Å². The van der Waals surface area contributed by atoms with Gasteiger partial charge in [0.05, 0.1) is 0 Å². The van der Waals surface area contributed by atoms with Gasteiger partial charge in [-0.1, -0.05) is 12.5 Å². The Morgan fingerprint density at radius 2 is 2.33 bits per heavy atom. The monoisotopic (exact) mass is 266 g/mol. The van der Waals surface area contributed by atoms with E-state index in [1.165, 1.54) is 37.1 Å². The summed E-state index contributed by atoms with van der Waals surface area (Å²) in [7, 11) is 2.26. The van der Waals surface area contributed by atoms with E-state index in [1.54, 1.807) is 0 Å². The molecule has 2 rings (SSSR count). The molecule has 0 aliphatic carbocycles. The number of nitrogens with one attached hydrogen (secondary N) is 1. The van der Waals surface area contributed by atoms with Gasteiger partial charge in [-0.2, -0.15) is 0 Å². The summed E-state index contributed by atoms with van der Waals surface area (Å²) in [6.07, 6.45) is 5.19. The predicted molar refractivity (Wildman–Crippen MR) is 80.4 cm³/mol. The Morgan fingerprint density at radius 1 is 1.50 bits per heavy atom. The highest BCUT2D eigenvalue weighted by molar-refractivity contribution is 7.09. The maximum Gasteiger partial charge on any atom is 0.0280 e. The summed E-state index contributed by atoms with van der Waals surface area (Å²) in [5, 5.41) is 5.87. The summed E-state index contributed by atoms with van der Waals surface area (Å²) in [5.41, 5.74) is 0.316. The summed E-state index contributed by atoms with van der Waals surface area (Å²) in [4.78, 5) is 4.01. The normalized spacial score (nSPS) is 26.4. The van der Waals surface area contributed by atoms with Gasteiger partial charge in [-0.3, -0.25) is 0 Å². The topological polar surface area (TPSA) is 15.3 Å². The molecule has 102 valence electrons. The molecule has 1 saturated heterocycles. The average Bonchev–Trinajstić information content (AvgIpc) is 2.82. The fourth-order valence-electron chi connectivity index (χ4n) is 2.84. The maximum atomic E-state index is 3.70. The van der Waals surface area contributed by atoms with E-state index in [2.05, 4.69) is 48.6 Å². The lowest BCUT2D eigenvalue weighted by Gasteiger charge is -2.40. The highest BCUT2D eigenvalue weighted by Crippen LogP contribution is 2.21. The quantitative estimate of drug-likeness (QED) is 0.881. The van der Waals surface area contributed by atoms with Crippen molar-refractivity contribution in [1.82, 2.24) is 10.2 Å². The molecular formula is C15H26N2S. The summed E-state index contributed by atoms with van der Waals surface area (Å²) in [6.45, 7) is 7.05. The van der Waals surface area contributed by atoms with Crippen molar-refractivity contribution < 1.29 is 0 Å². The van der Waals surface area contributed by atoms with Gasteiger partial charge in [0.15, 0.2) is 0 Å². The molecule has 0 saturated carbocycles. The predicted octanol–water partition coefficient (Wildman–Crippen LogP) is 3.14. The van der Waals surface area contributed by atoms with E-state index >= 15 is 0 Å². The number of hydrogen-bond donors (Lipinski definition) is 1. The van der Waals surface area contributed by atoms with E-state index in [1.807, 2.05) is 11.3 Å². The summed E-state index contributed by atoms with van der Waals surface area (Å²) in [6, 6.07) is 5.01. The molecule has 1 aromatic heterocycles. The standard InChI is InChI=1S/C15H26N2S/c1-13(11-14-7-6-10-18-14)17(3)12-15(2)8-4-5-9-16-15/h6-7,10,13,16H,4-5,8-9,11-12H2,1-3H3. The van der Waals surface area contributed by atoms with Crippen LogP contribution in [0.15, 0.2) is 17.5 Å². The first-order valence-electron chi connectivity index (χ1n) is 7.07. The smallest absolute Gasteiger partial charge is 0.0280 e. The molecule has 18 heavy (non-hydrogen) atoms. The number of nitrogens with zero attached hydrogens (tertiary/aromatic N) is 1. The molecule has 0 spiro atoms. The van der Waals surface area contributed by atoms with Gasteiger partial charge in [-0.05, 0) is 58.1 Å². The zero-order valence-electron chi connectivity index (χ0n) is 11.9. The zero-order valence-corrected chi connectivity index (χ0v) is 12.7. The van der Waals surface area contributed by atoms with Crippen LogP contribution in [0.3, 0.4) is 0 Å². The molecule has 0 amide bonds. The highest BCUT2D eigenvalue weighted by Gasteiger charge is 2.28. The van der Waals surface area contributed by atoms with Crippen LogP contribution >= 0.6 is 11.3 Å². The zero-order chi connectivity index (χ0) is 13.0. The molecule has 0 radical (unpaired) electrons. The SMILES string of the molecule is CC(Cc1cccs1)N(C)CC1(C)CCCCN1. The molecule has 2 nitrogen and oxygen atoms in total. The molecule has 2 unspecified atom stereocenters. The molecule has 0 bridgehead atoms. The van der Waals surface area contributed by atoms with Gasteiger partial charge in [0.1, 0.15) is 0 Å². The van der Waals surface area contributed by atoms with Gasteiger partial charge in [0, 0.05) is 23.0 Å². The van der Waals surface area contributed by atoms with Gasteiger partial charge in [0.2, 0.25) is 0 Å². The van der Waals surface area contributed by atoms with Gasteiger partial charge in [-0.15, -0.1) is 11.3 Å². The van der Waals surface area contributed by atoms with Crippen molar-refractivity contribution in [2.75, 3.05) is 20.1 Å². The Balaban J connectivity index is 1.84. The second kappa shape index (κ2) is 6.18. The average molecular weight is 266 g/mol.